The summed E-state index contributed by atoms with van der Waals surface area (Å²) in [7, 11) is 1.54. The first-order chi connectivity index (χ1) is 13.1. The number of aliphatic carboxylic acids is 1. The Morgan fingerprint density at radius 3 is 2.67 bits per heavy atom. The molecule has 27 heavy (non-hydrogen) atoms. The number of fused-ring (bicyclic) bond motifs is 1. The molecular formula is C22H17NO4. The molecule has 0 aliphatic heterocycles. The van der Waals surface area contributed by atoms with Crippen LogP contribution in [0.4, 0.5) is 0 Å². The number of nitriles is 1. The number of ether oxygens (including phenoxy) is 2. The van der Waals surface area contributed by atoms with Gasteiger partial charge in [-0.3, -0.25) is 0 Å². The number of hydrogen-bond acceptors (Lipinski definition) is 4. The van der Waals surface area contributed by atoms with Crippen LogP contribution < -0.4 is 9.47 Å². The van der Waals surface area contributed by atoms with Crippen LogP contribution in [0.1, 0.15) is 11.1 Å². The van der Waals surface area contributed by atoms with E-state index in [2.05, 4.69) is 0 Å². The van der Waals surface area contributed by atoms with Crippen molar-refractivity contribution < 1.29 is 19.4 Å². The summed E-state index contributed by atoms with van der Waals surface area (Å²) < 4.78 is 11.2. The molecule has 5 nitrogen and oxygen atoms in total. The summed E-state index contributed by atoms with van der Waals surface area (Å²) in [4.78, 5) is 11.1. The molecule has 0 amide bonds. The molecule has 0 saturated carbocycles. The largest absolute Gasteiger partial charge is 0.497 e. The van der Waals surface area contributed by atoms with Gasteiger partial charge in [-0.05, 0) is 34.5 Å². The van der Waals surface area contributed by atoms with E-state index in [0.29, 0.717) is 23.7 Å². The number of methoxy groups -OCH3 is 1. The van der Waals surface area contributed by atoms with Crippen LogP contribution in [0.25, 0.3) is 16.8 Å². The Kier molecular flexibility index (Phi) is 5.38. The van der Waals surface area contributed by atoms with Gasteiger partial charge in [0.25, 0.3) is 0 Å². The zero-order valence-electron chi connectivity index (χ0n) is 14.7. The van der Waals surface area contributed by atoms with Crippen LogP contribution in [-0.4, -0.2) is 18.2 Å². The van der Waals surface area contributed by atoms with Crippen LogP contribution in [0.5, 0.6) is 11.5 Å². The molecule has 0 heterocycles. The normalized spacial score (nSPS) is 11.0. The van der Waals surface area contributed by atoms with Crippen molar-refractivity contribution in [1.29, 1.82) is 5.26 Å². The number of carbonyl (C=O) groups is 1. The van der Waals surface area contributed by atoms with E-state index in [0.717, 1.165) is 16.3 Å². The Labute approximate surface area is 156 Å². The Bertz CT molecular complexity index is 1060. The molecule has 0 radical (unpaired) electrons. The van der Waals surface area contributed by atoms with Crippen LogP contribution in [0.2, 0.25) is 0 Å². The maximum Gasteiger partial charge on any atom is 0.346 e. The van der Waals surface area contributed by atoms with Crippen molar-refractivity contribution >= 4 is 22.8 Å². The first-order valence-corrected chi connectivity index (χ1v) is 8.25. The highest BCUT2D eigenvalue weighted by Crippen LogP contribution is 2.28. The highest BCUT2D eigenvalue weighted by molar-refractivity contribution is 5.97. The van der Waals surface area contributed by atoms with E-state index in [1.54, 1.807) is 24.3 Å². The topological polar surface area (TPSA) is 79.5 Å². The Hall–Kier alpha value is -3.78. The monoisotopic (exact) mass is 359 g/mol. The van der Waals surface area contributed by atoms with Crippen molar-refractivity contribution in [3.05, 3.63) is 77.4 Å². The third-order valence-electron chi connectivity index (χ3n) is 4.13. The van der Waals surface area contributed by atoms with Crippen molar-refractivity contribution in [3.63, 3.8) is 0 Å². The first-order valence-electron chi connectivity index (χ1n) is 8.25. The molecule has 3 aromatic carbocycles. The van der Waals surface area contributed by atoms with E-state index in [4.69, 9.17) is 19.8 Å². The summed E-state index contributed by atoms with van der Waals surface area (Å²) in [5.74, 6) is -0.265. The highest BCUT2D eigenvalue weighted by atomic mass is 16.5. The fraction of sp³-hybridized carbons (Fsp3) is 0.0909. The average molecular weight is 359 g/mol. The molecule has 0 unspecified atom stereocenters. The zero-order valence-corrected chi connectivity index (χ0v) is 14.7. The van der Waals surface area contributed by atoms with Gasteiger partial charge in [0.15, 0.2) is 0 Å². The molecular weight excluding hydrogens is 342 g/mol. The van der Waals surface area contributed by atoms with Gasteiger partial charge in [0.2, 0.25) is 0 Å². The molecule has 0 bridgehead atoms. The van der Waals surface area contributed by atoms with E-state index in [9.17, 15) is 4.79 Å². The van der Waals surface area contributed by atoms with E-state index < -0.39 is 5.97 Å². The predicted octanol–water partition coefficient (Wildman–Crippen LogP) is 4.42. The van der Waals surface area contributed by atoms with Crippen molar-refractivity contribution in [1.82, 2.24) is 0 Å². The summed E-state index contributed by atoms with van der Waals surface area (Å²) in [5, 5.41) is 20.3. The third kappa shape index (κ3) is 4.07. The second-order valence-electron chi connectivity index (χ2n) is 5.81. The minimum absolute atomic E-state index is 0.296. The van der Waals surface area contributed by atoms with Crippen molar-refractivity contribution in [2.75, 3.05) is 7.11 Å². The maximum absolute atomic E-state index is 11.1. The van der Waals surface area contributed by atoms with Crippen LogP contribution in [0.3, 0.4) is 0 Å². The molecule has 0 fully saturated rings. The fourth-order valence-electron chi connectivity index (χ4n) is 2.76. The Morgan fingerprint density at radius 1 is 1.15 bits per heavy atom. The molecule has 3 rings (SSSR count). The minimum Gasteiger partial charge on any atom is -0.497 e. The lowest BCUT2D eigenvalue weighted by molar-refractivity contribution is -0.132. The van der Waals surface area contributed by atoms with Gasteiger partial charge >= 0.3 is 5.97 Å². The average Bonchev–Trinajstić information content (AvgIpc) is 2.70. The fourth-order valence-corrected chi connectivity index (χ4v) is 2.76. The number of nitrogens with zero attached hydrogens (tertiary/aromatic N) is 1. The van der Waals surface area contributed by atoms with Gasteiger partial charge in [-0.2, -0.15) is 5.26 Å². The van der Waals surface area contributed by atoms with Crippen molar-refractivity contribution in [2.24, 2.45) is 0 Å². The van der Waals surface area contributed by atoms with Crippen LogP contribution in [0.15, 0.2) is 66.2 Å². The van der Waals surface area contributed by atoms with Gasteiger partial charge < -0.3 is 14.6 Å². The molecule has 1 N–H and O–H groups in total. The maximum atomic E-state index is 11.1. The van der Waals surface area contributed by atoms with E-state index in [1.165, 1.54) is 13.2 Å². The van der Waals surface area contributed by atoms with Gasteiger partial charge in [-0.15, -0.1) is 0 Å². The van der Waals surface area contributed by atoms with Gasteiger partial charge in [0.1, 0.15) is 29.7 Å². The lowest BCUT2D eigenvalue weighted by atomic mass is 10.1. The van der Waals surface area contributed by atoms with Gasteiger partial charge in [-0.1, -0.05) is 42.5 Å². The van der Waals surface area contributed by atoms with E-state index in [-0.39, 0.29) is 5.57 Å². The third-order valence-corrected chi connectivity index (χ3v) is 4.13. The lowest BCUT2D eigenvalue weighted by Gasteiger charge is -2.13. The van der Waals surface area contributed by atoms with Crippen molar-refractivity contribution in [3.8, 4) is 17.6 Å². The second-order valence-corrected chi connectivity index (χ2v) is 5.81. The minimum atomic E-state index is -1.28. The molecule has 0 atom stereocenters. The number of carboxylic acid groups (broad SMARTS) is 1. The highest BCUT2D eigenvalue weighted by Gasteiger charge is 2.11. The predicted molar refractivity (Wildman–Crippen MR) is 102 cm³/mol. The number of carboxylic acids is 1. The van der Waals surface area contributed by atoms with Crippen molar-refractivity contribution in [2.45, 2.75) is 6.61 Å². The van der Waals surface area contributed by atoms with Gasteiger partial charge in [-0.25, -0.2) is 4.79 Å². The van der Waals surface area contributed by atoms with E-state index >= 15 is 0 Å². The molecule has 5 heteroatoms. The first kappa shape index (κ1) is 18.0. The Morgan fingerprint density at radius 2 is 1.93 bits per heavy atom. The molecule has 0 aliphatic carbocycles. The smallest absolute Gasteiger partial charge is 0.346 e. The summed E-state index contributed by atoms with van der Waals surface area (Å²) in [5.41, 5.74) is 1.13. The SMILES string of the molecule is COc1ccc(C=C(C#N)C(=O)O)c(OCc2cccc3ccccc23)c1. The van der Waals surface area contributed by atoms with Crippen LogP contribution in [0, 0.1) is 11.3 Å². The second kappa shape index (κ2) is 8.07. The number of rotatable bonds is 6. The summed E-state index contributed by atoms with van der Waals surface area (Å²) >= 11 is 0. The summed E-state index contributed by atoms with van der Waals surface area (Å²) in [6.07, 6.45) is 1.29. The van der Waals surface area contributed by atoms with Gasteiger partial charge in [0.05, 0.1) is 7.11 Å². The molecule has 0 spiro atoms. The zero-order chi connectivity index (χ0) is 19.2. The Balaban J connectivity index is 1.96. The standard InChI is InChI=1S/C22H17NO4/c1-26-19-10-9-16(11-18(13-23)22(24)25)21(12-19)27-14-17-7-4-6-15-5-2-3-8-20(15)17/h2-12H,14H2,1H3,(H,24,25). The lowest BCUT2D eigenvalue weighted by Crippen LogP contribution is -2.01. The van der Waals surface area contributed by atoms with Crippen LogP contribution >= 0.6 is 0 Å². The molecule has 0 saturated heterocycles. The number of benzene rings is 3. The molecule has 0 aromatic heterocycles. The van der Waals surface area contributed by atoms with Gasteiger partial charge in [0, 0.05) is 11.6 Å². The quantitative estimate of drug-likeness (QED) is 0.521. The number of hydrogen-bond donors (Lipinski definition) is 1. The molecule has 134 valence electrons. The summed E-state index contributed by atoms with van der Waals surface area (Å²) in [6.45, 7) is 0.296. The molecule has 0 aliphatic rings. The molecule has 3 aromatic rings. The van der Waals surface area contributed by atoms with E-state index in [1.807, 2.05) is 42.5 Å². The van der Waals surface area contributed by atoms with Crippen LogP contribution in [-0.2, 0) is 11.4 Å². The summed E-state index contributed by atoms with van der Waals surface area (Å²) in [6, 6.07) is 20.7.